The molecule has 3 aromatic carbocycles. The molecular weight excluding hydrogens is 534 g/mol. The zero-order valence-corrected chi connectivity index (χ0v) is 23.7. The summed E-state index contributed by atoms with van der Waals surface area (Å²) in [5, 5.41) is 14.5. The summed E-state index contributed by atoms with van der Waals surface area (Å²) < 4.78 is 0. The topological polar surface area (TPSA) is 167 Å². The van der Waals surface area contributed by atoms with Crippen LogP contribution >= 0.6 is 0 Å². The van der Waals surface area contributed by atoms with E-state index >= 15 is 0 Å². The molecule has 7 N–H and O–H groups in total. The SMILES string of the molecule is CCC[C@H](N)C(=NNC(=O)NC(c1ccccc1)c1ccccc1)C(=O)NCC(=O)N[C@H](C(=O)NC)c1ccccc1.[HH].[HH]. The van der Waals surface area contributed by atoms with Crippen LogP contribution in [0.4, 0.5) is 4.79 Å². The highest BCUT2D eigenvalue weighted by Gasteiger charge is 2.24. The number of carbonyl (C=O) groups is 4. The molecule has 0 radical (unpaired) electrons. The van der Waals surface area contributed by atoms with E-state index in [1.165, 1.54) is 7.05 Å². The highest BCUT2D eigenvalue weighted by Crippen LogP contribution is 2.21. The van der Waals surface area contributed by atoms with Gasteiger partial charge in [-0.15, -0.1) is 0 Å². The van der Waals surface area contributed by atoms with Crippen molar-refractivity contribution in [3.05, 3.63) is 108 Å². The second-order valence-electron chi connectivity index (χ2n) is 9.44. The minimum absolute atomic E-state index is 0. The minimum Gasteiger partial charge on any atom is -0.357 e. The normalized spacial score (nSPS) is 12.5. The van der Waals surface area contributed by atoms with Crippen molar-refractivity contribution in [1.82, 2.24) is 26.7 Å². The molecule has 0 aliphatic rings. The van der Waals surface area contributed by atoms with Crippen molar-refractivity contribution in [1.29, 1.82) is 0 Å². The first-order chi connectivity index (χ1) is 20.3. The molecule has 0 fully saturated rings. The molecule has 0 saturated carbocycles. The predicted octanol–water partition coefficient (Wildman–Crippen LogP) is 2.77. The van der Waals surface area contributed by atoms with Crippen LogP contribution in [-0.2, 0) is 14.4 Å². The second kappa shape index (κ2) is 16.3. The number of nitrogens with two attached hydrogens (primary N) is 1. The molecule has 3 aromatic rings. The van der Waals surface area contributed by atoms with Gasteiger partial charge in [-0.25, -0.2) is 10.2 Å². The first-order valence-electron chi connectivity index (χ1n) is 13.7. The molecule has 42 heavy (non-hydrogen) atoms. The maximum Gasteiger partial charge on any atom is 0.335 e. The largest absolute Gasteiger partial charge is 0.357 e. The number of hydrazone groups is 1. The van der Waals surface area contributed by atoms with Crippen LogP contribution in [0.15, 0.2) is 96.1 Å². The van der Waals surface area contributed by atoms with E-state index in [0.717, 1.165) is 11.1 Å². The van der Waals surface area contributed by atoms with Crippen LogP contribution in [0.25, 0.3) is 0 Å². The van der Waals surface area contributed by atoms with Crippen LogP contribution in [0.2, 0.25) is 0 Å². The number of carbonyl (C=O) groups excluding carboxylic acids is 4. The smallest absolute Gasteiger partial charge is 0.335 e. The Bertz CT molecular complexity index is 1320. The maximum atomic E-state index is 13.0. The molecule has 0 bridgehead atoms. The molecule has 3 rings (SSSR count). The second-order valence-corrected chi connectivity index (χ2v) is 9.44. The number of nitrogens with one attached hydrogen (secondary N) is 5. The number of rotatable bonds is 13. The molecule has 2 atom stereocenters. The third kappa shape index (κ3) is 9.27. The highest BCUT2D eigenvalue weighted by molar-refractivity contribution is 6.41. The van der Waals surface area contributed by atoms with Crippen molar-refractivity contribution in [3.8, 4) is 0 Å². The van der Waals surface area contributed by atoms with E-state index in [0.29, 0.717) is 18.4 Å². The number of benzene rings is 3. The molecule has 0 aromatic heterocycles. The van der Waals surface area contributed by atoms with Gasteiger partial charge >= 0.3 is 6.03 Å². The Balaban J connectivity index is 0.00000484. The van der Waals surface area contributed by atoms with Gasteiger partial charge in [-0.1, -0.05) is 104 Å². The Morgan fingerprint density at radius 1 is 0.810 bits per heavy atom. The molecule has 11 heteroatoms. The van der Waals surface area contributed by atoms with E-state index < -0.39 is 48.4 Å². The number of amides is 5. The number of hydrogen-bond donors (Lipinski definition) is 6. The third-order valence-electron chi connectivity index (χ3n) is 6.36. The zero-order chi connectivity index (χ0) is 30.3. The Morgan fingerprint density at radius 3 is 1.83 bits per heavy atom. The van der Waals surface area contributed by atoms with Gasteiger partial charge in [-0.2, -0.15) is 5.10 Å². The van der Waals surface area contributed by atoms with Crippen molar-refractivity contribution < 1.29 is 22.0 Å². The van der Waals surface area contributed by atoms with Gasteiger partial charge in [-0.05, 0) is 23.1 Å². The lowest BCUT2D eigenvalue weighted by molar-refractivity contribution is -0.129. The maximum absolute atomic E-state index is 13.0. The molecule has 224 valence electrons. The first kappa shape index (κ1) is 31.5. The summed E-state index contributed by atoms with van der Waals surface area (Å²) in [5.41, 5.74) is 10.8. The lowest BCUT2D eigenvalue weighted by Crippen LogP contribution is -2.48. The van der Waals surface area contributed by atoms with E-state index in [2.05, 4.69) is 31.8 Å². The summed E-state index contributed by atoms with van der Waals surface area (Å²) >= 11 is 0. The van der Waals surface area contributed by atoms with Crippen molar-refractivity contribution in [2.24, 2.45) is 10.8 Å². The molecule has 0 saturated heterocycles. The first-order valence-corrected chi connectivity index (χ1v) is 13.7. The number of hydrogen-bond acceptors (Lipinski definition) is 6. The minimum atomic E-state index is -0.941. The van der Waals surface area contributed by atoms with Crippen molar-refractivity contribution >= 4 is 29.5 Å². The molecule has 0 unspecified atom stereocenters. The summed E-state index contributed by atoms with van der Waals surface area (Å²) in [4.78, 5) is 51.0. The van der Waals surface area contributed by atoms with Crippen molar-refractivity contribution in [2.45, 2.75) is 37.9 Å². The van der Waals surface area contributed by atoms with Crippen molar-refractivity contribution in [2.75, 3.05) is 13.6 Å². The summed E-state index contributed by atoms with van der Waals surface area (Å²) in [7, 11) is 1.47. The third-order valence-corrected chi connectivity index (χ3v) is 6.36. The fourth-order valence-electron chi connectivity index (χ4n) is 4.23. The lowest BCUT2D eigenvalue weighted by Gasteiger charge is -2.20. The van der Waals surface area contributed by atoms with Crippen LogP contribution in [0.5, 0.6) is 0 Å². The standard InChI is InChI=1S/C31H37N7O4.2H2/c1-3-13-24(32)28(30(41)34-20-25(39)35-27(29(40)33-2)23-18-11-6-12-19-23)37-38-31(42)36-26(21-14-7-4-8-15-21)22-16-9-5-10-17-22;;/h4-12,14-19,24,26-27H,3,13,20,32H2,1-2H3,(H,33,40)(H,34,41)(H,35,39)(H2,36,38,42);2*1H/t24-,27-;;/m0../s1. The quantitative estimate of drug-likeness (QED) is 0.136. The van der Waals surface area contributed by atoms with Crippen LogP contribution in [0.1, 0.15) is 51.4 Å². The van der Waals surface area contributed by atoms with E-state index in [-0.39, 0.29) is 8.56 Å². The highest BCUT2D eigenvalue weighted by atomic mass is 16.2. The number of likely N-dealkylation sites (N-methyl/N-ethyl adjacent to an activating group) is 1. The Kier molecular flexibility index (Phi) is 12.2. The van der Waals surface area contributed by atoms with Gasteiger partial charge < -0.3 is 27.0 Å². The fraction of sp³-hybridized carbons (Fsp3) is 0.258. The average molecular weight is 576 g/mol. The van der Waals surface area contributed by atoms with E-state index in [1.807, 2.05) is 67.6 Å². The van der Waals surface area contributed by atoms with Crippen LogP contribution in [0.3, 0.4) is 0 Å². The fourth-order valence-corrected chi connectivity index (χ4v) is 4.23. The summed E-state index contributed by atoms with van der Waals surface area (Å²) in [6.45, 7) is 1.46. The van der Waals surface area contributed by atoms with Gasteiger partial charge in [0.1, 0.15) is 11.8 Å². The van der Waals surface area contributed by atoms with Crippen LogP contribution < -0.4 is 32.4 Å². The number of urea groups is 1. The Labute approximate surface area is 248 Å². The van der Waals surface area contributed by atoms with Crippen LogP contribution in [-0.4, -0.2) is 49.1 Å². The summed E-state index contributed by atoms with van der Waals surface area (Å²) in [6, 6.07) is 24.8. The van der Waals surface area contributed by atoms with Crippen molar-refractivity contribution in [3.63, 3.8) is 0 Å². The summed E-state index contributed by atoms with van der Waals surface area (Å²) in [6.07, 6.45) is 1.08. The molecule has 0 spiro atoms. The van der Waals surface area contributed by atoms with Gasteiger partial charge in [0.25, 0.3) is 5.91 Å². The van der Waals surface area contributed by atoms with E-state index in [4.69, 9.17) is 5.73 Å². The number of nitrogens with zero attached hydrogens (tertiary/aromatic N) is 1. The molecule has 5 amide bonds. The predicted molar refractivity (Wildman–Crippen MR) is 165 cm³/mol. The lowest BCUT2D eigenvalue weighted by atomic mass is 9.99. The monoisotopic (exact) mass is 575 g/mol. The van der Waals surface area contributed by atoms with Gasteiger partial charge in [0.15, 0.2) is 0 Å². The molecule has 0 aliphatic carbocycles. The molecule has 0 aliphatic heterocycles. The van der Waals surface area contributed by atoms with Crippen LogP contribution in [0, 0.1) is 0 Å². The molecular formula is C31H41N7O4. The van der Waals surface area contributed by atoms with Gasteiger partial charge in [0.2, 0.25) is 11.8 Å². The molecule has 0 heterocycles. The zero-order valence-electron chi connectivity index (χ0n) is 23.7. The van der Waals surface area contributed by atoms with E-state index in [9.17, 15) is 19.2 Å². The average Bonchev–Trinajstić information content (AvgIpc) is 3.02. The van der Waals surface area contributed by atoms with Gasteiger partial charge in [0.05, 0.1) is 18.6 Å². The Morgan fingerprint density at radius 2 is 1.33 bits per heavy atom. The van der Waals surface area contributed by atoms with Gasteiger partial charge in [-0.3, -0.25) is 14.4 Å². The van der Waals surface area contributed by atoms with Gasteiger partial charge in [0, 0.05) is 9.90 Å². The molecule has 11 nitrogen and oxygen atoms in total. The Hall–Kier alpha value is -5.03. The van der Waals surface area contributed by atoms with E-state index in [1.54, 1.807) is 30.3 Å². The summed E-state index contributed by atoms with van der Waals surface area (Å²) in [5.74, 6) is -1.72.